The maximum absolute atomic E-state index is 14.0. The number of amides is 1. The van der Waals surface area contributed by atoms with Crippen molar-refractivity contribution in [2.75, 3.05) is 52.4 Å². The summed E-state index contributed by atoms with van der Waals surface area (Å²) in [5.41, 5.74) is 1.82. The monoisotopic (exact) mass is 423 g/mol. The smallest absolute Gasteiger partial charge is 0.233 e. The number of anilines is 1. The van der Waals surface area contributed by atoms with Gasteiger partial charge in [0.1, 0.15) is 11.6 Å². The number of carbonyl (C=O) groups is 1. The molecule has 6 nitrogen and oxygen atoms in total. The number of rotatable bonds is 5. The first kappa shape index (κ1) is 21.6. The molecule has 1 aromatic heterocycles. The first-order chi connectivity index (χ1) is 15.0. The van der Waals surface area contributed by atoms with E-state index in [0.717, 1.165) is 55.9 Å². The molecule has 166 valence electrons. The van der Waals surface area contributed by atoms with Crippen LogP contribution in [-0.2, 0) is 14.9 Å². The average molecular weight is 424 g/mol. The number of likely N-dealkylation sites (tertiary alicyclic amines) is 1. The van der Waals surface area contributed by atoms with Crippen LogP contribution in [0.25, 0.3) is 0 Å². The molecule has 1 unspecified atom stereocenters. The molecule has 2 aliphatic rings. The van der Waals surface area contributed by atoms with Gasteiger partial charge in [0.15, 0.2) is 0 Å². The predicted molar refractivity (Wildman–Crippen MR) is 122 cm³/mol. The van der Waals surface area contributed by atoms with E-state index in [1.165, 1.54) is 5.56 Å². The fraction of sp³-hybridized carbons (Fsp3) is 0.520. The summed E-state index contributed by atoms with van der Waals surface area (Å²) < 4.78 is 11.0. The van der Waals surface area contributed by atoms with E-state index in [1.54, 1.807) is 7.11 Å². The Morgan fingerprint density at radius 2 is 1.94 bits per heavy atom. The highest BCUT2D eigenvalue weighted by Crippen LogP contribution is 2.39. The lowest BCUT2D eigenvalue weighted by molar-refractivity contribution is -0.142. The summed E-state index contributed by atoms with van der Waals surface area (Å²) in [6, 6.07) is 12.3. The molecular formula is C25H33N3O3. The van der Waals surface area contributed by atoms with Gasteiger partial charge in [-0.1, -0.05) is 12.1 Å². The predicted octanol–water partition coefficient (Wildman–Crippen LogP) is 3.61. The third kappa shape index (κ3) is 4.40. The molecule has 0 bridgehead atoms. The molecule has 0 spiro atoms. The minimum absolute atomic E-state index is 0.243. The quantitative estimate of drug-likeness (QED) is 0.735. The molecule has 1 amide bonds. The molecule has 6 heteroatoms. The van der Waals surface area contributed by atoms with Crippen LogP contribution in [0.4, 0.5) is 5.82 Å². The van der Waals surface area contributed by atoms with Crippen molar-refractivity contribution < 1.29 is 14.3 Å². The highest BCUT2D eigenvalue weighted by molar-refractivity contribution is 5.88. The van der Waals surface area contributed by atoms with Gasteiger partial charge in [-0.25, -0.2) is 4.98 Å². The summed E-state index contributed by atoms with van der Waals surface area (Å²) in [5.74, 6) is 2.35. The Morgan fingerprint density at radius 1 is 1.19 bits per heavy atom. The van der Waals surface area contributed by atoms with Crippen LogP contribution in [-0.4, -0.2) is 63.3 Å². The number of hydrogen-bond donors (Lipinski definition) is 0. The zero-order valence-electron chi connectivity index (χ0n) is 18.8. The normalized spacial score (nSPS) is 20.9. The number of ether oxygens (including phenoxy) is 2. The average Bonchev–Trinajstić information content (AvgIpc) is 2.84. The highest BCUT2D eigenvalue weighted by Gasteiger charge is 2.45. The van der Waals surface area contributed by atoms with Crippen LogP contribution in [0.1, 0.15) is 42.7 Å². The Morgan fingerprint density at radius 3 is 2.61 bits per heavy atom. The first-order valence-corrected chi connectivity index (χ1v) is 11.2. The van der Waals surface area contributed by atoms with Gasteiger partial charge in [0.2, 0.25) is 5.91 Å². The molecule has 2 aromatic rings. The number of hydrogen-bond acceptors (Lipinski definition) is 5. The molecule has 4 rings (SSSR count). The van der Waals surface area contributed by atoms with E-state index in [1.807, 2.05) is 37.3 Å². The lowest BCUT2D eigenvalue weighted by atomic mass is 9.72. The van der Waals surface area contributed by atoms with Crippen molar-refractivity contribution in [2.24, 2.45) is 0 Å². The van der Waals surface area contributed by atoms with Crippen molar-refractivity contribution in [1.29, 1.82) is 0 Å². The van der Waals surface area contributed by atoms with Gasteiger partial charge < -0.3 is 19.3 Å². The van der Waals surface area contributed by atoms with Crippen LogP contribution < -0.4 is 9.64 Å². The fourth-order valence-corrected chi connectivity index (χ4v) is 4.92. The van der Waals surface area contributed by atoms with Crippen LogP contribution >= 0.6 is 0 Å². The van der Waals surface area contributed by atoms with Crippen molar-refractivity contribution in [1.82, 2.24) is 9.88 Å². The molecule has 2 saturated heterocycles. The second-order valence-electron chi connectivity index (χ2n) is 8.86. The van der Waals surface area contributed by atoms with Gasteiger partial charge in [0, 0.05) is 52.5 Å². The number of pyridine rings is 1. The Kier molecular flexibility index (Phi) is 6.46. The van der Waals surface area contributed by atoms with Gasteiger partial charge in [-0.2, -0.15) is 0 Å². The third-order valence-corrected chi connectivity index (χ3v) is 6.81. The molecule has 31 heavy (non-hydrogen) atoms. The summed E-state index contributed by atoms with van der Waals surface area (Å²) in [4.78, 5) is 22.6. The lowest BCUT2D eigenvalue weighted by Crippen LogP contribution is -2.52. The van der Waals surface area contributed by atoms with Crippen LogP contribution in [0.15, 0.2) is 42.6 Å². The molecule has 2 fully saturated rings. The molecule has 2 aliphatic heterocycles. The Labute approximate surface area is 185 Å². The number of benzene rings is 1. The van der Waals surface area contributed by atoms with E-state index in [4.69, 9.17) is 9.47 Å². The van der Waals surface area contributed by atoms with Crippen molar-refractivity contribution >= 4 is 11.7 Å². The molecule has 3 heterocycles. The van der Waals surface area contributed by atoms with Crippen molar-refractivity contribution in [3.63, 3.8) is 0 Å². The van der Waals surface area contributed by atoms with Gasteiger partial charge in [0.25, 0.3) is 0 Å². The van der Waals surface area contributed by atoms with E-state index in [2.05, 4.69) is 34.1 Å². The molecule has 1 atom stereocenters. The van der Waals surface area contributed by atoms with E-state index >= 15 is 0 Å². The summed E-state index contributed by atoms with van der Waals surface area (Å²) in [6.45, 7) is 2.81. The highest BCUT2D eigenvalue weighted by atomic mass is 16.5. The van der Waals surface area contributed by atoms with E-state index < -0.39 is 5.41 Å². The minimum Gasteiger partial charge on any atom is -0.497 e. The van der Waals surface area contributed by atoms with Gasteiger partial charge in [-0.3, -0.25) is 4.79 Å². The van der Waals surface area contributed by atoms with Gasteiger partial charge in [-0.05, 0) is 61.1 Å². The Bertz CT molecular complexity index is 891. The molecule has 1 aromatic carbocycles. The topological polar surface area (TPSA) is 54.9 Å². The largest absolute Gasteiger partial charge is 0.497 e. The lowest BCUT2D eigenvalue weighted by Gasteiger charge is -2.43. The van der Waals surface area contributed by atoms with E-state index in [9.17, 15) is 4.79 Å². The summed E-state index contributed by atoms with van der Waals surface area (Å²) in [7, 11) is 5.68. The zero-order valence-corrected chi connectivity index (χ0v) is 18.8. The molecule has 0 saturated carbocycles. The minimum atomic E-state index is -0.514. The number of piperidine rings is 1. The van der Waals surface area contributed by atoms with Crippen LogP contribution in [0.5, 0.6) is 5.75 Å². The standard InChI is InChI=1S/C25H33N3O3/c1-27(2)23-17-19(10-13-26-23)20-5-4-14-28(18-20)24(29)25(11-15-31-16-12-25)21-6-8-22(30-3)9-7-21/h6-10,13,17,20H,4-5,11-12,14-16,18H2,1-3H3. The van der Waals surface area contributed by atoms with Crippen molar-refractivity contribution in [3.05, 3.63) is 53.7 Å². The Hall–Kier alpha value is -2.60. The maximum atomic E-state index is 14.0. The number of nitrogens with zero attached hydrogens (tertiary/aromatic N) is 3. The third-order valence-electron chi connectivity index (χ3n) is 6.81. The van der Waals surface area contributed by atoms with Crippen LogP contribution in [0.3, 0.4) is 0 Å². The zero-order chi connectivity index (χ0) is 21.8. The molecule has 0 radical (unpaired) electrons. The molecule has 0 aliphatic carbocycles. The van der Waals surface area contributed by atoms with Crippen LogP contribution in [0, 0.1) is 0 Å². The van der Waals surface area contributed by atoms with Gasteiger partial charge in [0.05, 0.1) is 12.5 Å². The van der Waals surface area contributed by atoms with E-state index in [0.29, 0.717) is 19.1 Å². The van der Waals surface area contributed by atoms with Gasteiger partial charge >= 0.3 is 0 Å². The number of carbonyl (C=O) groups excluding carboxylic acids is 1. The maximum Gasteiger partial charge on any atom is 0.233 e. The van der Waals surface area contributed by atoms with Crippen molar-refractivity contribution in [3.8, 4) is 5.75 Å². The second kappa shape index (κ2) is 9.27. The molecular weight excluding hydrogens is 390 g/mol. The molecule has 0 N–H and O–H groups in total. The fourth-order valence-electron chi connectivity index (χ4n) is 4.92. The van der Waals surface area contributed by atoms with Crippen molar-refractivity contribution in [2.45, 2.75) is 37.0 Å². The number of aromatic nitrogens is 1. The number of methoxy groups -OCH3 is 1. The van der Waals surface area contributed by atoms with Gasteiger partial charge in [-0.15, -0.1) is 0 Å². The Balaban J connectivity index is 1.59. The second-order valence-corrected chi connectivity index (χ2v) is 8.86. The summed E-state index contributed by atoms with van der Waals surface area (Å²) >= 11 is 0. The summed E-state index contributed by atoms with van der Waals surface area (Å²) in [5, 5.41) is 0. The first-order valence-electron chi connectivity index (χ1n) is 11.2. The SMILES string of the molecule is COc1ccc(C2(C(=O)N3CCCC(c4ccnc(N(C)C)c4)C3)CCOCC2)cc1. The van der Waals surface area contributed by atoms with Crippen LogP contribution in [0.2, 0.25) is 0 Å². The summed E-state index contributed by atoms with van der Waals surface area (Å²) in [6.07, 6.45) is 5.44. The van der Waals surface area contributed by atoms with E-state index in [-0.39, 0.29) is 5.91 Å².